The summed E-state index contributed by atoms with van der Waals surface area (Å²) in [5, 5.41) is 7.89. The van der Waals surface area contributed by atoms with Crippen LogP contribution >= 0.6 is 35.3 Å². The molecule has 2 heterocycles. The van der Waals surface area contributed by atoms with Crippen LogP contribution in [0.2, 0.25) is 0 Å². The molecule has 2 rings (SSSR count). The van der Waals surface area contributed by atoms with Crippen molar-refractivity contribution in [2.75, 3.05) is 39.3 Å². The standard InChI is InChI=1S/C17H28F3N5S.HI/c1-2-21-16(23-9-12-25-10-5-3-4-6-11-25)22-8-7-15-24-14(13-26-15)17(18,19)20;/h13H,2-12H2,1H3,(H2,21,22,23);1H. The van der Waals surface area contributed by atoms with Crippen LogP contribution in [0, 0.1) is 0 Å². The molecule has 0 amide bonds. The van der Waals surface area contributed by atoms with Gasteiger partial charge in [-0.15, -0.1) is 35.3 Å². The molecule has 0 spiro atoms. The molecule has 0 aromatic carbocycles. The lowest BCUT2D eigenvalue weighted by atomic mass is 10.2. The first-order valence-electron chi connectivity index (χ1n) is 9.25. The van der Waals surface area contributed by atoms with Crippen LogP contribution in [0.4, 0.5) is 13.2 Å². The molecule has 1 fully saturated rings. The number of guanidine groups is 1. The Morgan fingerprint density at radius 1 is 1.22 bits per heavy atom. The van der Waals surface area contributed by atoms with E-state index in [4.69, 9.17) is 0 Å². The molecule has 1 aliphatic heterocycles. The first-order valence-corrected chi connectivity index (χ1v) is 10.1. The number of nitrogens with one attached hydrogen (secondary N) is 2. The summed E-state index contributed by atoms with van der Waals surface area (Å²) in [5.74, 6) is 0.704. The van der Waals surface area contributed by atoms with E-state index >= 15 is 0 Å². The quantitative estimate of drug-likeness (QED) is 0.328. The second-order valence-corrected chi connectivity index (χ2v) is 7.26. The van der Waals surface area contributed by atoms with E-state index in [1.165, 1.54) is 25.7 Å². The Balaban J connectivity index is 0.00000364. The molecule has 0 atom stereocenters. The molecule has 10 heteroatoms. The maximum atomic E-state index is 12.6. The third-order valence-electron chi connectivity index (χ3n) is 4.20. The number of likely N-dealkylation sites (tertiary alicyclic amines) is 1. The third-order valence-corrected chi connectivity index (χ3v) is 5.11. The topological polar surface area (TPSA) is 52.6 Å². The number of rotatable bonds is 7. The van der Waals surface area contributed by atoms with Crippen molar-refractivity contribution >= 4 is 41.3 Å². The molecule has 27 heavy (non-hydrogen) atoms. The van der Waals surface area contributed by atoms with Gasteiger partial charge in [0.15, 0.2) is 11.7 Å². The highest BCUT2D eigenvalue weighted by molar-refractivity contribution is 14.0. The summed E-state index contributed by atoms with van der Waals surface area (Å²) in [5.41, 5.74) is -0.810. The Morgan fingerprint density at radius 2 is 1.93 bits per heavy atom. The van der Waals surface area contributed by atoms with E-state index in [2.05, 4.69) is 25.5 Å². The van der Waals surface area contributed by atoms with Crippen LogP contribution in [-0.2, 0) is 12.6 Å². The fourth-order valence-electron chi connectivity index (χ4n) is 2.85. The molecule has 156 valence electrons. The van der Waals surface area contributed by atoms with Gasteiger partial charge in [-0.3, -0.25) is 4.99 Å². The van der Waals surface area contributed by atoms with Crippen molar-refractivity contribution in [1.29, 1.82) is 0 Å². The molecular weight excluding hydrogens is 490 g/mol. The molecule has 0 unspecified atom stereocenters. The highest BCUT2D eigenvalue weighted by atomic mass is 127. The summed E-state index contributed by atoms with van der Waals surface area (Å²) in [6, 6.07) is 0. The molecule has 0 saturated carbocycles. The van der Waals surface area contributed by atoms with Crippen LogP contribution in [0.5, 0.6) is 0 Å². The molecule has 5 nitrogen and oxygen atoms in total. The van der Waals surface area contributed by atoms with Crippen molar-refractivity contribution in [3.63, 3.8) is 0 Å². The normalized spacial score (nSPS) is 16.5. The number of thiazole rings is 1. The predicted octanol–water partition coefficient (Wildman–Crippen LogP) is 3.75. The zero-order valence-corrected chi connectivity index (χ0v) is 18.8. The minimum atomic E-state index is -4.37. The molecular formula is C17H29F3IN5S. The Hall–Kier alpha value is -0.620. The number of aromatic nitrogens is 1. The van der Waals surface area contributed by atoms with Crippen LogP contribution in [0.25, 0.3) is 0 Å². The van der Waals surface area contributed by atoms with Gasteiger partial charge in [0.25, 0.3) is 0 Å². The van der Waals surface area contributed by atoms with Crippen molar-refractivity contribution in [2.45, 2.75) is 45.2 Å². The van der Waals surface area contributed by atoms with Crippen LogP contribution in [0.3, 0.4) is 0 Å². The first-order chi connectivity index (χ1) is 12.5. The van der Waals surface area contributed by atoms with E-state index < -0.39 is 11.9 Å². The van der Waals surface area contributed by atoms with Gasteiger partial charge >= 0.3 is 6.18 Å². The van der Waals surface area contributed by atoms with Gasteiger partial charge in [-0.1, -0.05) is 12.8 Å². The van der Waals surface area contributed by atoms with Crippen molar-refractivity contribution < 1.29 is 13.2 Å². The van der Waals surface area contributed by atoms with Crippen LogP contribution in [-0.4, -0.2) is 55.1 Å². The lowest BCUT2D eigenvalue weighted by Gasteiger charge is -2.18. The van der Waals surface area contributed by atoms with Gasteiger partial charge in [-0.2, -0.15) is 13.2 Å². The molecule has 1 aromatic rings. The van der Waals surface area contributed by atoms with Crippen molar-refractivity contribution in [2.24, 2.45) is 4.99 Å². The predicted molar refractivity (Wildman–Crippen MR) is 115 cm³/mol. The molecule has 2 N–H and O–H groups in total. The monoisotopic (exact) mass is 519 g/mol. The molecule has 0 bridgehead atoms. The lowest BCUT2D eigenvalue weighted by molar-refractivity contribution is -0.140. The van der Waals surface area contributed by atoms with Crippen molar-refractivity contribution in [1.82, 2.24) is 20.5 Å². The van der Waals surface area contributed by atoms with Gasteiger partial charge in [0.2, 0.25) is 0 Å². The van der Waals surface area contributed by atoms with E-state index in [1.54, 1.807) is 0 Å². The fraction of sp³-hybridized carbons (Fsp3) is 0.765. The van der Waals surface area contributed by atoms with Crippen LogP contribution in [0.1, 0.15) is 43.3 Å². The summed E-state index contributed by atoms with van der Waals surface area (Å²) >= 11 is 1.04. The van der Waals surface area contributed by atoms with Crippen molar-refractivity contribution in [3.8, 4) is 0 Å². The molecule has 1 aliphatic rings. The van der Waals surface area contributed by atoms with Gasteiger partial charge in [0.1, 0.15) is 0 Å². The third kappa shape index (κ3) is 9.42. The summed E-state index contributed by atoms with van der Waals surface area (Å²) in [6.07, 6.45) is 1.22. The smallest absolute Gasteiger partial charge is 0.357 e. The number of alkyl halides is 3. The van der Waals surface area contributed by atoms with Crippen molar-refractivity contribution in [3.05, 3.63) is 16.1 Å². The summed E-state index contributed by atoms with van der Waals surface area (Å²) < 4.78 is 37.7. The number of nitrogens with zero attached hydrogens (tertiary/aromatic N) is 3. The lowest BCUT2D eigenvalue weighted by Crippen LogP contribution is -2.39. The molecule has 1 aromatic heterocycles. The minimum absolute atomic E-state index is 0. The van der Waals surface area contributed by atoms with E-state index in [0.717, 1.165) is 42.9 Å². The number of hydrogen-bond donors (Lipinski definition) is 2. The maximum Gasteiger partial charge on any atom is 0.434 e. The summed E-state index contributed by atoms with van der Waals surface area (Å²) in [7, 11) is 0. The number of halogens is 4. The average Bonchev–Trinajstić information content (AvgIpc) is 2.92. The number of aliphatic imine (C=N–C) groups is 1. The Bertz CT molecular complexity index is 557. The minimum Gasteiger partial charge on any atom is -0.357 e. The number of hydrogen-bond acceptors (Lipinski definition) is 4. The first kappa shape index (κ1) is 24.4. The maximum absolute atomic E-state index is 12.6. The Labute approximate surface area is 180 Å². The fourth-order valence-corrected chi connectivity index (χ4v) is 3.65. The van der Waals surface area contributed by atoms with Gasteiger partial charge in [-0.05, 0) is 32.9 Å². The van der Waals surface area contributed by atoms with Gasteiger partial charge in [-0.25, -0.2) is 4.98 Å². The van der Waals surface area contributed by atoms with Crippen LogP contribution < -0.4 is 10.6 Å². The highest BCUT2D eigenvalue weighted by Crippen LogP contribution is 2.29. The zero-order valence-electron chi connectivity index (χ0n) is 15.6. The Morgan fingerprint density at radius 3 is 2.52 bits per heavy atom. The van der Waals surface area contributed by atoms with E-state index in [9.17, 15) is 13.2 Å². The average molecular weight is 519 g/mol. The van der Waals surface area contributed by atoms with Gasteiger partial charge < -0.3 is 15.5 Å². The highest BCUT2D eigenvalue weighted by Gasteiger charge is 2.33. The SMILES string of the molecule is CCNC(=NCCN1CCCCCC1)NCCc1nc(C(F)(F)F)cs1.I. The molecule has 0 aliphatic carbocycles. The second-order valence-electron chi connectivity index (χ2n) is 6.32. The molecule has 1 saturated heterocycles. The summed E-state index contributed by atoms with van der Waals surface area (Å²) in [4.78, 5) is 10.7. The van der Waals surface area contributed by atoms with Gasteiger partial charge in [0.05, 0.1) is 11.6 Å². The van der Waals surface area contributed by atoms with E-state index in [1.807, 2.05) is 6.92 Å². The van der Waals surface area contributed by atoms with E-state index in [-0.39, 0.29) is 24.0 Å². The van der Waals surface area contributed by atoms with Gasteiger partial charge in [0, 0.05) is 31.4 Å². The Kier molecular flexibility index (Phi) is 11.5. The molecule has 0 radical (unpaired) electrons. The zero-order chi connectivity index (χ0) is 18.8. The second kappa shape index (κ2) is 12.8. The summed E-state index contributed by atoms with van der Waals surface area (Å²) in [6.45, 7) is 7.17. The largest absolute Gasteiger partial charge is 0.434 e. The van der Waals surface area contributed by atoms with E-state index in [0.29, 0.717) is 30.5 Å². The van der Waals surface area contributed by atoms with Crippen LogP contribution in [0.15, 0.2) is 10.4 Å².